The van der Waals surface area contributed by atoms with Crippen LogP contribution in [0.1, 0.15) is 12.8 Å². The van der Waals surface area contributed by atoms with Gasteiger partial charge < -0.3 is 5.11 Å². The average Bonchev–Trinajstić information content (AvgIpc) is 1.89. The monoisotopic (exact) mass is 137 g/mol. The van der Waals surface area contributed by atoms with Gasteiger partial charge in [0.1, 0.15) is 0 Å². The normalized spacial score (nSPS) is 10.0. The molecule has 0 aromatic heterocycles. The van der Waals surface area contributed by atoms with E-state index in [4.69, 9.17) is 5.26 Å². The van der Waals surface area contributed by atoms with Gasteiger partial charge in [-0.3, -0.25) is 0 Å². The fourth-order valence-electron chi connectivity index (χ4n) is 0.652. The van der Waals surface area contributed by atoms with Gasteiger partial charge in [0.15, 0.2) is 5.60 Å². The number of nitrogens with zero attached hydrogens (tertiary/aromatic N) is 1. The Kier molecular flexibility index (Phi) is 3.45. The highest BCUT2D eigenvalue weighted by molar-refractivity contribution is 5.06. The standard InChI is InChI=1S/C8H11NO/c1-3-5-8(10,7-9)6-4-2/h3-4,10H,1-2,5-6H2. The lowest BCUT2D eigenvalue weighted by Gasteiger charge is -2.14. The molecule has 0 radical (unpaired) electrons. The smallest absolute Gasteiger partial charge is 0.157 e. The Hall–Kier alpha value is -1.07. The Morgan fingerprint density at radius 2 is 1.80 bits per heavy atom. The minimum Gasteiger partial charge on any atom is -0.375 e. The van der Waals surface area contributed by atoms with Crippen LogP contribution in [0.15, 0.2) is 25.3 Å². The van der Waals surface area contributed by atoms with Crippen molar-refractivity contribution in [2.45, 2.75) is 18.4 Å². The first-order valence-electron chi connectivity index (χ1n) is 3.04. The van der Waals surface area contributed by atoms with Crippen LogP contribution >= 0.6 is 0 Å². The number of hydrogen-bond acceptors (Lipinski definition) is 2. The third kappa shape index (κ3) is 2.47. The van der Waals surface area contributed by atoms with Crippen molar-refractivity contribution >= 4 is 0 Å². The predicted octanol–water partition coefficient (Wildman–Crippen LogP) is 1.39. The van der Waals surface area contributed by atoms with Gasteiger partial charge in [0, 0.05) is 12.8 Å². The minimum absolute atomic E-state index is 0.287. The molecule has 0 heterocycles. The second kappa shape index (κ2) is 3.86. The zero-order chi connectivity index (χ0) is 8.04. The summed E-state index contributed by atoms with van der Waals surface area (Å²) in [6.07, 6.45) is 3.62. The number of hydrogen-bond donors (Lipinski definition) is 1. The van der Waals surface area contributed by atoms with Gasteiger partial charge in [0.2, 0.25) is 0 Å². The number of rotatable bonds is 4. The lowest BCUT2D eigenvalue weighted by molar-refractivity contribution is 0.106. The highest BCUT2D eigenvalue weighted by Gasteiger charge is 2.21. The fourth-order valence-corrected chi connectivity index (χ4v) is 0.652. The van der Waals surface area contributed by atoms with Crippen LogP contribution in [0.4, 0.5) is 0 Å². The summed E-state index contributed by atoms with van der Waals surface area (Å²) in [6, 6.07) is 1.79. The molecule has 0 bridgehead atoms. The molecule has 10 heavy (non-hydrogen) atoms. The molecule has 0 fully saturated rings. The molecule has 1 N–H and O–H groups in total. The first kappa shape index (κ1) is 8.93. The van der Waals surface area contributed by atoms with Gasteiger partial charge in [0.05, 0.1) is 6.07 Å². The summed E-state index contributed by atoms with van der Waals surface area (Å²) in [7, 11) is 0. The zero-order valence-electron chi connectivity index (χ0n) is 5.88. The van der Waals surface area contributed by atoms with E-state index in [0.29, 0.717) is 0 Å². The van der Waals surface area contributed by atoms with E-state index in [1.54, 1.807) is 6.07 Å². The summed E-state index contributed by atoms with van der Waals surface area (Å²) >= 11 is 0. The van der Waals surface area contributed by atoms with Crippen molar-refractivity contribution in [2.75, 3.05) is 0 Å². The Bertz CT molecular complexity index is 157. The van der Waals surface area contributed by atoms with Crippen molar-refractivity contribution in [3.63, 3.8) is 0 Å². The van der Waals surface area contributed by atoms with E-state index in [-0.39, 0.29) is 12.8 Å². The average molecular weight is 137 g/mol. The molecular formula is C8H11NO. The summed E-state index contributed by atoms with van der Waals surface area (Å²) in [5.74, 6) is 0. The summed E-state index contributed by atoms with van der Waals surface area (Å²) in [4.78, 5) is 0. The minimum atomic E-state index is -1.29. The topological polar surface area (TPSA) is 44.0 Å². The second-order valence-electron chi connectivity index (χ2n) is 2.13. The van der Waals surface area contributed by atoms with Gasteiger partial charge in [-0.2, -0.15) is 5.26 Å². The predicted molar refractivity (Wildman–Crippen MR) is 40.2 cm³/mol. The SMILES string of the molecule is C=CCC(O)(C#N)CC=C. The van der Waals surface area contributed by atoms with E-state index < -0.39 is 5.60 Å². The molecule has 0 aromatic carbocycles. The molecule has 0 rings (SSSR count). The first-order valence-corrected chi connectivity index (χ1v) is 3.04. The lowest BCUT2D eigenvalue weighted by atomic mass is 9.98. The van der Waals surface area contributed by atoms with Crippen LogP contribution in [0, 0.1) is 11.3 Å². The maximum absolute atomic E-state index is 9.32. The largest absolute Gasteiger partial charge is 0.375 e. The van der Waals surface area contributed by atoms with Crippen molar-refractivity contribution in [1.82, 2.24) is 0 Å². The van der Waals surface area contributed by atoms with Crippen LogP contribution < -0.4 is 0 Å². The molecule has 0 saturated heterocycles. The van der Waals surface area contributed by atoms with Crippen molar-refractivity contribution in [1.29, 1.82) is 5.26 Å². The maximum atomic E-state index is 9.32. The van der Waals surface area contributed by atoms with Gasteiger partial charge in [-0.25, -0.2) is 0 Å². The quantitative estimate of drug-likeness (QED) is 0.470. The van der Waals surface area contributed by atoms with E-state index >= 15 is 0 Å². The van der Waals surface area contributed by atoms with Crippen LogP contribution in [-0.2, 0) is 0 Å². The molecule has 0 aromatic rings. The van der Waals surface area contributed by atoms with Crippen molar-refractivity contribution < 1.29 is 5.11 Å². The lowest BCUT2D eigenvalue weighted by Crippen LogP contribution is -2.24. The van der Waals surface area contributed by atoms with Gasteiger partial charge in [-0.15, -0.1) is 13.2 Å². The second-order valence-corrected chi connectivity index (χ2v) is 2.13. The van der Waals surface area contributed by atoms with Gasteiger partial charge in [-0.1, -0.05) is 12.2 Å². The van der Waals surface area contributed by atoms with Crippen LogP contribution in [0.5, 0.6) is 0 Å². The number of nitriles is 1. The van der Waals surface area contributed by atoms with Crippen LogP contribution in [-0.4, -0.2) is 10.7 Å². The van der Waals surface area contributed by atoms with Crippen LogP contribution in [0.3, 0.4) is 0 Å². The highest BCUT2D eigenvalue weighted by Crippen LogP contribution is 2.14. The third-order valence-electron chi connectivity index (χ3n) is 1.17. The Labute approximate surface area is 61.1 Å². The van der Waals surface area contributed by atoms with Gasteiger partial charge >= 0.3 is 0 Å². The summed E-state index contributed by atoms with van der Waals surface area (Å²) < 4.78 is 0. The molecule has 0 spiro atoms. The molecular weight excluding hydrogens is 126 g/mol. The fraction of sp³-hybridized carbons (Fsp3) is 0.375. The van der Waals surface area contributed by atoms with Crippen molar-refractivity contribution in [2.24, 2.45) is 0 Å². The molecule has 2 heteroatoms. The molecule has 0 unspecified atom stereocenters. The van der Waals surface area contributed by atoms with E-state index in [0.717, 1.165) is 0 Å². The van der Waals surface area contributed by atoms with Gasteiger partial charge in [0.25, 0.3) is 0 Å². The Morgan fingerprint density at radius 3 is 2.00 bits per heavy atom. The van der Waals surface area contributed by atoms with E-state index in [9.17, 15) is 5.11 Å². The molecule has 0 aliphatic carbocycles. The molecule has 0 aliphatic heterocycles. The summed E-state index contributed by atoms with van der Waals surface area (Å²) in [6.45, 7) is 6.86. The molecule has 0 saturated carbocycles. The first-order chi connectivity index (χ1) is 4.68. The van der Waals surface area contributed by atoms with E-state index in [1.165, 1.54) is 12.2 Å². The molecule has 2 nitrogen and oxygen atoms in total. The van der Waals surface area contributed by atoms with Crippen LogP contribution in [0.25, 0.3) is 0 Å². The Balaban J connectivity index is 4.09. The zero-order valence-corrected chi connectivity index (χ0v) is 5.88. The highest BCUT2D eigenvalue weighted by atomic mass is 16.3. The molecule has 0 amide bonds. The molecule has 54 valence electrons. The maximum Gasteiger partial charge on any atom is 0.157 e. The van der Waals surface area contributed by atoms with Crippen molar-refractivity contribution in [3.05, 3.63) is 25.3 Å². The molecule has 0 atom stereocenters. The van der Waals surface area contributed by atoms with E-state index in [1.807, 2.05) is 0 Å². The van der Waals surface area contributed by atoms with Crippen molar-refractivity contribution in [3.8, 4) is 6.07 Å². The Morgan fingerprint density at radius 1 is 1.40 bits per heavy atom. The van der Waals surface area contributed by atoms with Crippen LogP contribution in [0.2, 0.25) is 0 Å². The summed E-state index contributed by atoms with van der Waals surface area (Å²) in [5, 5.41) is 17.8. The summed E-state index contributed by atoms with van der Waals surface area (Å²) in [5.41, 5.74) is -1.29. The molecule has 0 aliphatic rings. The van der Waals surface area contributed by atoms with Gasteiger partial charge in [-0.05, 0) is 0 Å². The number of aliphatic hydroxyl groups is 1. The third-order valence-corrected chi connectivity index (χ3v) is 1.17. The van der Waals surface area contributed by atoms with E-state index in [2.05, 4.69) is 13.2 Å².